The van der Waals surface area contributed by atoms with Crippen LogP contribution in [0.5, 0.6) is 0 Å². The summed E-state index contributed by atoms with van der Waals surface area (Å²) in [6.45, 7) is 6.77. The number of hydrogen-bond acceptors (Lipinski definition) is 2. The molecule has 4 heteroatoms. The van der Waals surface area contributed by atoms with Gasteiger partial charge >= 0.3 is 0 Å². The zero-order valence-electron chi connectivity index (χ0n) is 14.5. The van der Waals surface area contributed by atoms with E-state index >= 15 is 0 Å². The first kappa shape index (κ1) is 23.4. The molecule has 0 spiro atoms. The quantitative estimate of drug-likeness (QED) is 0.293. The van der Waals surface area contributed by atoms with E-state index in [9.17, 15) is 10.4 Å². The number of quaternary nitrogens is 1. The molecule has 0 bridgehead atoms. The Bertz CT molecular complexity index is 209. The lowest BCUT2D eigenvalue weighted by Gasteiger charge is -2.28. The molecule has 0 aromatic carbocycles. The number of rotatable bonds is 14. The Morgan fingerprint density at radius 2 is 1.05 bits per heavy atom. The summed E-state index contributed by atoms with van der Waals surface area (Å²) in [6, 6.07) is -0.0337. The lowest BCUT2D eigenvalue weighted by atomic mass is 10.1. The number of nitrogens with zero attached hydrogens (tertiary/aromatic N) is 1. The molecule has 0 heterocycles. The van der Waals surface area contributed by atoms with Crippen LogP contribution in [0.2, 0.25) is 0 Å². The van der Waals surface area contributed by atoms with E-state index in [4.69, 9.17) is 0 Å². The van der Waals surface area contributed by atoms with Gasteiger partial charge < -0.3 is 12.4 Å². The Hall–Kier alpha value is 0.170. The van der Waals surface area contributed by atoms with Crippen LogP contribution in [0.15, 0.2) is 0 Å². The van der Waals surface area contributed by atoms with Crippen molar-refractivity contribution in [3.05, 3.63) is 0 Å². The van der Waals surface area contributed by atoms with E-state index in [0.717, 1.165) is 25.7 Å². The van der Waals surface area contributed by atoms with Crippen LogP contribution in [0.1, 0.15) is 97.8 Å². The lowest BCUT2D eigenvalue weighted by Crippen LogP contribution is -3.00. The van der Waals surface area contributed by atoms with Gasteiger partial charge in [0.1, 0.15) is 6.54 Å². The molecule has 0 radical (unpaired) electrons. The first-order valence-electron chi connectivity index (χ1n) is 8.91. The maximum atomic E-state index is 9.99. The van der Waals surface area contributed by atoms with Crippen LogP contribution in [0.25, 0.3) is 0 Å². The van der Waals surface area contributed by atoms with Crippen molar-refractivity contribution >= 4 is 0 Å². The van der Waals surface area contributed by atoms with E-state index in [1.807, 2.05) is 13.8 Å². The number of hydroxylamine groups is 4. The Labute approximate surface area is 138 Å². The Kier molecular flexibility index (Phi) is 16.8. The molecule has 0 saturated heterocycles. The highest BCUT2D eigenvalue weighted by atomic mass is 35.5. The Balaban J connectivity index is 0. The average Bonchev–Trinajstić information content (AvgIpc) is 2.42. The Morgan fingerprint density at radius 1 is 0.667 bits per heavy atom. The molecule has 2 N–H and O–H groups in total. The van der Waals surface area contributed by atoms with Crippen molar-refractivity contribution in [2.24, 2.45) is 0 Å². The van der Waals surface area contributed by atoms with Crippen LogP contribution < -0.4 is 12.4 Å². The van der Waals surface area contributed by atoms with Crippen LogP contribution in [0.3, 0.4) is 0 Å². The predicted molar refractivity (Wildman–Crippen MR) is 84.9 cm³/mol. The zero-order valence-corrected chi connectivity index (χ0v) is 15.2. The van der Waals surface area contributed by atoms with Gasteiger partial charge in [0, 0.05) is 19.3 Å². The molecule has 0 fully saturated rings. The minimum absolute atomic E-state index is 0. The van der Waals surface area contributed by atoms with E-state index in [1.54, 1.807) is 0 Å². The highest BCUT2D eigenvalue weighted by Crippen LogP contribution is 2.16. The van der Waals surface area contributed by atoms with Crippen LogP contribution in [0.4, 0.5) is 0 Å². The third kappa shape index (κ3) is 12.4. The maximum absolute atomic E-state index is 9.99. The monoisotopic (exact) mass is 323 g/mol. The van der Waals surface area contributed by atoms with Gasteiger partial charge in [-0.1, -0.05) is 72.1 Å². The second-order valence-corrected chi connectivity index (χ2v) is 6.16. The van der Waals surface area contributed by atoms with Gasteiger partial charge in [0.05, 0.1) is 0 Å². The van der Waals surface area contributed by atoms with Crippen LogP contribution in [-0.4, -0.2) is 27.8 Å². The second kappa shape index (κ2) is 15.1. The van der Waals surface area contributed by atoms with Gasteiger partial charge in [-0.05, 0) is 11.2 Å². The molecule has 0 unspecified atom stereocenters. The molecule has 0 aliphatic rings. The summed E-state index contributed by atoms with van der Waals surface area (Å²) < 4.78 is 0. The Morgan fingerprint density at radius 3 is 1.43 bits per heavy atom. The van der Waals surface area contributed by atoms with Crippen molar-refractivity contribution < 1.29 is 27.6 Å². The van der Waals surface area contributed by atoms with Crippen molar-refractivity contribution in [2.45, 2.75) is 104 Å². The number of unbranched alkanes of at least 4 members (excludes halogenated alkanes) is 9. The highest BCUT2D eigenvalue weighted by molar-refractivity contribution is 4.50. The van der Waals surface area contributed by atoms with Gasteiger partial charge in [0.25, 0.3) is 0 Å². The smallest absolute Gasteiger partial charge is 0.151 e. The fraction of sp³-hybridized carbons (Fsp3) is 1.00. The standard InChI is InChI=1S/C17H38NO2.ClH/c1-4-7-8-9-10-11-12-13-14-15-16-18(19,20)17(5-2)6-3;/h17,19-20H,4-16H2,1-3H3;1H/q+1;/p-1. The molecule has 21 heavy (non-hydrogen) atoms. The normalized spacial score (nSPS) is 11.7. The molecule has 0 aromatic rings. The van der Waals surface area contributed by atoms with Gasteiger partial charge in [-0.15, -0.1) is 0 Å². The first-order valence-corrected chi connectivity index (χ1v) is 8.91. The highest BCUT2D eigenvalue weighted by Gasteiger charge is 2.31. The maximum Gasteiger partial charge on any atom is 0.151 e. The van der Waals surface area contributed by atoms with E-state index < -0.39 is 4.81 Å². The minimum Gasteiger partial charge on any atom is -1.00 e. The van der Waals surface area contributed by atoms with E-state index in [-0.39, 0.29) is 18.4 Å². The molecule has 0 amide bonds. The van der Waals surface area contributed by atoms with Crippen molar-refractivity contribution in [3.63, 3.8) is 0 Å². The molecule has 0 atom stereocenters. The molecule has 0 aliphatic carbocycles. The topological polar surface area (TPSA) is 40.5 Å². The number of hydrogen-bond donors (Lipinski definition) is 2. The molecule has 3 nitrogen and oxygen atoms in total. The largest absolute Gasteiger partial charge is 1.00 e. The van der Waals surface area contributed by atoms with Gasteiger partial charge in [-0.3, -0.25) is 0 Å². The molecule has 0 rings (SSSR count). The average molecular weight is 324 g/mol. The summed E-state index contributed by atoms with van der Waals surface area (Å²) in [5, 5.41) is 20.0. The summed E-state index contributed by atoms with van der Waals surface area (Å²) in [5.41, 5.74) is 0. The third-order valence-corrected chi connectivity index (χ3v) is 4.37. The van der Waals surface area contributed by atoms with Gasteiger partial charge in [0.15, 0.2) is 6.04 Å². The zero-order chi connectivity index (χ0) is 15.3. The summed E-state index contributed by atoms with van der Waals surface area (Å²) in [5.74, 6) is 0. The van der Waals surface area contributed by atoms with Crippen LogP contribution in [-0.2, 0) is 0 Å². The lowest BCUT2D eigenvalue weighted by molar-refractivity contribution is -1.26. The van der Waals surface area contributed by atoms with Gasteiger partial charge in [-0.25, -0.2) is 0 Å². The summed E-state index contributed by atoms with van der Waals surface area (Å²) in [4.78, 5) is -0.774. The summed E-state index contributed by atoms with van der Waals surface area (Å²) >= 11 is 0. The van der Waals surface area contributed by atoms with Crippen molar-refractivity contribution in [1.82, 2.24) is 0 Å². The van der Waals surface area contributed by atoms with E-state index in [1.165, 1.54) is 51.4 Å². The van der Waals surface area contributed by atoms with Crippen molar-refractivity contribution in [1.29, 1.82) is 0 Å². The van der Waals surface area contributed by atoms with E-state index in [0.29, 0.717) is 6.54 Å². The molecule has 0 saturated carbocycles. The van der Waals surface area contributed by atoms with Gasteiger partial charge in [-0.2, -0.15) is 10.4 Å². The summed E-state index contributed by atoms with van der Waals surface area (Å²) in [7, 11) is 0. The SMILES string of the molecule is CCCCCCCCCCCC[N+](O)(O)C(CC)CC.[Cl-]. The molecule has 0 aromatic heterocycles. The third-order valence-electron chi connectivity index (χ3n) is 4.37. The molecule has 130 valence electrons. The predicted octanol–water partition coefficient (Wildman–Crippen LogP) is 2.70. The first-order chi connectivity index (χ1) is 9.58. The molecule has 0 aliphatic heterocycles. The molecular formula is C17H38ClNO2. The fourth-order valence-corrected chi connectivity index (χ4v) is 2.89. The van der Waals surface area contributed by atoms with Crippen LogP contribution in [0, 0.1) is 0 Å². The van der Waals surface area contributed by atoms with Crippen molar-refractivity contribution in [3.8, 4) is 0 Å². The van der Waals surface area contributed by atoms with Gasteiger partial charge in [0.2, 0.25) is 0 Å². The molecular weight excluding hydrogens is 286 g/mol. The fourth-order valence-electron chi connectivity index (χ4n) is 2.89. The number of halogens is 1. The summed E-state index contributed by atoms with van der Waals surface area (Å²) in [6.07, 6.45) is 14.4. The minimum atomic E-state index is -0.774. The van der Waals surface area contributed by atoms with Crippen molar-refractivity contribution in [2.75, 3.05) is 6.54 Å². The van der Waals surface area contributed by atoms with E-state index in [2.05, 4.69) is 6.92 Å². The van der Waals surface area contributed by atoms with Crippen LogP contribution >= 0.6 is 0 Å². The second-order valence-electron chi connectivity index (χ2n) is 6.16.